The molecule has 1 unspecified atom stereocenters. The first kappa shape index (κ1) is 29.5. The number of benzene rings is 2. The maximum absolute atomic E-state index is 13.8. The van der Waals surface area contributed by atoms with Crippen LogP contribution in [0.15, 0.2) is 42.5 Å². The molecule has 0 spiro atoms. The molecule has 0 saturated carbocycles. The summed E-state index contributed by atoms with van der Waals surface area (Å²) in [5.74, 6) is -0.390. The Bertz CT molecular complexity index is 1370. The highest BCUT2D eigenvalue weighted by Gasteiger charge is 2.32. The van der Waals surface area contributed by atoms with Gasteiger partial charge in [-0.2, -0.15) is 5.10 Å². The van der Waals surface area contributed by atoms with E-state index in [4.69, 9.17) is 39.9 Å². The second kappa shape index (κ2) is 13.3. The Kier molecular flexibility index (Phi) is 9.80. The number of rotatable bonds is 8. The molecule has 5 rings (SSSR count). The van der Waals surface area contributed by atoms with E-state index in [0.717, 1.165) is 57.2 Å². The number of amides is 1. The fourth-order valence-electron chi connectivity index (χ4n) is 5.21. The third-order valence-electron chi connectivity index (χ3n) is 7.19. The van der Waals surface area contributed by atoms with Crippen LogP contribution in [0.1, 0.15) is 54.6 Å². The summed E-state index contributed by atoms with van der Waals surface area (Å²) in [6.07, 6.45) is 6.00. The fraction of sp³-hybridized carbons (Fsp3) is 0.407. The number of nitrogens with zero attached hydrogens (tertiary/aromatic N) is 5. The lowest BCUT2D eigenvalue weighted by molar-refractivity contribution is 0.0310. The number of nitrogens with one attached hydrogen (secondary N) is 1. The van der Waals surface area contributed by atoms with Crippen molar-refractivity contribution in [2.75, 3.05) is 26.2 Å². The summed E-state index contributed by atoms with van der Waals surface area (Å²) < 4.78 is 26.1. The van der Waals surface area contributed by atoms with Gasteiger partial charge in [0.15, 0.2) is 5.69 Å². The summed E-state index contributed by atoms with van der Waals surface area (Å²) in [5.41, 5.74) is 5.45. The van der Waals surface area contributed by atoms with E-state index in [1.165, 1.54) is 4.41 Å². The SMILES string of the molecule is O=C(NN1CCCCC1)c1nn(-c2ccc(Cl)cc2Cl)c(-c2ccc(Cl)cc2)c1CN(N1CCCCC1)S(=O)O. The smallest absolute Gasteiger partial charge is 0.286 e. The first-order valence-corrected chi connectivity index (χ1v) is 15.5. The zero-order chi connectivity index (χ0) is 28.2. The highest BCUT2D eigenvalue weighted by atomic mass is 35.5. The normalized spacial score (nSPS) is 17.7. The molecule has 2 aliphatic heterocycles. The summed E-state index contributed by atoms with van der Waals surface area (Å²) in [5, 5.41) is 9.92. The van der Waals surface area contributed by atoms with Gasteiger partial charge in [0.05, 0.1) is 22.9 Å². The molecular weight excluding hydrogens is 595 g/mol. The Morgan fingerprint density at radius 2 is 1.55 bits per heavy atom. The number of piperidine rings is 2. The van der Waals surface area contributed by atoms with Gasteiger partial charge < -0.3 is 0 Å². The minimum absolute atomic E-state index is 0.0188. The molecule has 2 N–H and O–H groups in total. The highest BCUT2D eigenvalue weighted by molar-refractivity contribution is 7.76. The number of carbonyl (C=O) groups excluding carboxylic acids is 1. The van der Waals surface area contributed by atoms with Gasteiger partial charge in [-0.25, -0.2) is 18.9 Å². The standard InChI is InChI=1S/C27H31Cl3N6O3S/c28-20-9-7-19(8-10-20)26-22(18-35(40(38)39)34-15-5-2-6-16-34)25(27(37)32-33-13-3-1-4-14-33)31-36(26)24-12-11-21(29)17-23(24)30/h7-12,17H,1-6,13-16,18H2,(H,32,37)(H,38,39). The molecule has 13 heteroatoms. The molecule has 1 aromatic heterocycles. The van der Waals surface area contributed by atoms with Gasteiger partial charge in [0.2, 0.25) is 11.3 Å². The molecule has 9 nitrogen and oxygen atoms in total. The van der Waals surface area contributed by atoms with Crippen molar-refractivity contribution in [1.82, 2.24) is 29.6 Å². The largest absolute Gasteiger partial charge is 0.293 e. The van der Waals surface area contributed by atoms with E-state index >= 15 is 0 Å². The first-order chi connectivity index (χ1) is 19.3. The molecule has 2 aromatic carbocycles. The van der Waals surface area contributed by atoms with Gasteiger partial charge in [0, 0.05) is 47.4 Å². The Morgan fingerprint density at radius 1 is 0.925 bits per heavy atom. The monoisotopic (exact) mass is 624 g/mol. The first-order valence-electron chi connectivity index (χ1n) is 13.3. The number of hydrazine groups is 2. The molecule has 1 atom stereocenters. The molecule has 40 heavy (non-hydrogen) atoms. The van der Waals surface area contributed by atoms with Crippen LogP contribution < -0.4 is 5.43 Å². The third-order valence-corrected chi connectivity index (χ3v) is 8.70. The number of aromatic nitrogens is 2. The van der Waals surface area contributed by atoms with Gasteiger partial charge >= 0.3 is 0 Å². The van der Waals surface area contributed by atoms with Gasteiger partial charge in [-0.1, -0.05) is 59.8 Å². The van der Waals surface area contributed by atoms with Crippen LogP contribution >= 0.6 is 34.8 Å². The van der Waals surface area contributed by atoms with Crippen LogP contribution in [0.5, 0.6) is 0 Å². The highest BCUT2D eigenvalue weighted by Crippen LogP contribution is 2.35. The molecule has 2 saturated heterocycles. The maximum Gasteiger partial charge on any atom is 0.286 e. The van der Waals surface area contributed by atoms with Gasteiger partial charge in [0.1, 0.15) is 0 Å². The average molecular weight is 626 g/mol. The Balaban J connectivity index is 1.68. The molecule has 2 fully saturated rings. The van der Waals surface area contributed by atoms with Crippen LogP contribution in [0.25, 0.3) is 16.9 Å². The van der Waals surface area contributed by atoms with Crippen LogP contribution in [0.2, 0.25) is 15.1 Å². The van der Waals surface area contributed by atoms with Crippen molar-refractivity contribution in [2.45, 2.75) is 45.1 Å². The summed E-state index contributed by atoms with van der Waals surface area (Å²) in [7, 11) is 0. The molecule has 0 radical (unpaired) electrons. The molecule has 0 aliphatic carbocycles. The van der Waals surface area contributed by atoms with Crippen molar-refractivity contribution in [3.8, 4) is 16.9 Å². The third kappa shape index (κ3) is 6.71. The van der Waals surface area contributed by atoms with Gasteiger partial charge in [0.25, 0.3) is 5.91 Å². The number of carbonyl (C=O) groups is 1. The van der Waals surface area contributed by atoms with Crippen LogP contribution in [-0.2, 0) is 17.8 Å². The van der Waals surface area contributed by atoms with E-state index in [9.17, 15) is 13.6 Å². The van der Waals surface area contributed by atoms with Crippen molar-refractivity contribution < 1.29 is 13.6 Å². The van der Waals surface area contributed by atoms with E-state index in [0.29, 0.717) is 45.1 Å². The molecular formula is C27H31Cl3N6O3S. The molecule has 3 aromatic rings. The van der Waals surface area contributed by atoms with Gasteiger partial charge in [-0.05, 0) is 56.0 Å². The lowest BCUT2D eigenvalue weighted by atomic mass is 10.0. The Labute approximate surface area is 251 Å². The predicted molar refractivity (Wildman–Crippen MR) is 159 cm³/mol. The van der Waals surface area contributed by atoms with Crippen LogP contribution in [0.4, 0.5) is 0 Å². The van der Waals surface area contributed by atoms with Crippen molar-refractivity contribution in [2.24, 2.45) is 0 Å². The fourth-order valence-corrected chi connectivity index (χ4v) is 6.42. The molecule has 2 aliphatic rings. The zero-order valence-corrected chi connectivity index (χ0v) is 24.9. The maximum atomic E-state index is 13.8. The van der Waals surface area contributed by atoms with E-state index in [2.05, 4.69) is 5.43 Å². The topological polar surface area (TPSA) is 93.9 Å². The van der Waals surface area contributed by atoms with E-state index < -0.39 is 17.2 Å². The quantitative estimate of drug-likeness (QED) is 0.300. The summed E-state index contributed by atoms with van der Waals surface area (Å²) in [4.78, 5) is 13.8. The van der Waals surface area contributed by atoms with Crippen molar-refractivity contribution in [3.63, 3.8) is 0 Å². The minimum atomic E-state index is -2.32. The van der Waals surface area contributed by atoms with Crippen LogP contribution in [0.3, 0.4) is 0 Å². The van der Waals surface area contributed by atoms with E-state index in [-0.39, 0.29) is 12.2 Å². The Morgan fingerprint density at radius 3 is 2.17 bits per heavy atom. The van der Waals surface area contributed by atoms with Gasteiger partial charge in [-0.15, -0.1) is 4.41 Å². The minimum Gasteiger partial charge on any atom is -0.293 e. The summed E-state index contributed by atoms with van der Waals surface area (Å²) in [6, 6.07) is 12.2. The lowest BCUT2D eigenvalue weighted by Crippen LogP contribution is -2.47. The number of hydrogen-bond acceptors (Lipinski definition) is 5. The van der Waals surface area contributed by atoms with E-state index in [1.807, 2.05) is 22.2 Å². The second-order valence-electron chi connectivity index (χ2n) is 9.93. The summed E-state index contributed by atoms with van der Waals surface area (Å²) >= 11 is 16.7. The second-order valence-corrected chi connectivity index (χ2v) is 12.1. The van der Waals surface area contributed by atoms with Crippen molar-refractivity contribution in [1.29, 1.82) is 0 Å². The molecule has 0 bridgehead atoms. The number of hydrogen-bond donors (Lipinski definition) is 2. The van der Waals surface area contributed by atoms with E-state index in [1.54, 1.807) is 35.0 Å². The van der Waals surface area contributed by atoms with Crippen LogP contribution in [-0.4, -0.2) is 65.1 Å². The molecule has 214 valence electrons. The van der Waals surface area contributed by atoms with Crippen molar-refractivity contribution >= 4 is 52.0 Å². The predicted octanol–water partition coefficient (Wildman–Crippen LogP) is 5.97. The molecule has 3 heterocycles. The Hall–Kier alpha value is -2.02. The van der Waals surface area contributed by atoms with Crippen molar-refractivity contribution in [3.05, 3.63) is 68.8 Å². The lowest BCUT2D eigenvalue weighted by Gasteiger charge is -2.34. The van der Waals surface area contributed by atoms with Gasteiger partial charge in [-0.3, -0.25) is 14.8 Å². The zero-order valence-electron chi connectivity index (χ0n) is 21.9. The number of halogens is 3. The average Bonchev–Trinajstić information content (AvgIpc) is 3.32. The van der Waals surface area contributed by atoms with Crippen LogP contribution in [0, 0.1) is 0 Å². The molecule has 1 amide bonds. The summed E-state index contributed by atoms with van der Waals surface area (Å²) in [6.45, 7) is 2.77.